The Hall–Kier alpha value is 0.963. The standard InChI is InChI=1S/C13H9Cl2NO2.CH2O3.2K/c1-18-13(17)8-4-5-16-12(6-8)10-3-2-9(14)7-11(10)15;2-1(3)4;;/h2-7H,1H3;(H2,2,3,4);;/q;;2*+1/p-2. The Balaban J connectivity index is 0. The van der Waals surface area contributed by atoms with Crippen molar-refractivity contribution >= 4 is 35.3 Å². The average molecular weight is 420 g/mol. The second-order valence-corrected chi connectivity index (χ2v) is 4.64. The third kappa shape index (κ3) is 9.60. The Bertz CT molecular complexity index is 697. The van der Waals surface area contributed by atoms with Crippen molar-refractivity contribution in [3.63, 3.8) is 0 Å². The van der Waals surface area contributed by atoms with Gasteiger partial charge >= 0.3 is 109 Å². The summed E-state index contributed by atoms with van der Waals surface area (Å²) in [6.45, 7) is 0. The molecule has 0 aliphatic carbocycles. The maximum absolute atomic E-state index is 11.4. The number of hydrogen-bond acceptors (Lipinski definition) is 6. The minimum Gasteiger partial charge on any atom is -0.652 e. The van der Waals surface area contributed by atoms with E-state index >= 15 is 0 Å². The minimum absolute atomic E-state index is 0. The molecule has 0 bridgehead atoms. The fourth-order valence-corrected chi connectivity index (χ4v) is 2.03. The number of pyridine rings is 1. The van der Waals surface area contributed by atoms with E-state index in [1.807, 2.05) is 0 Å². The van der Waals surface area contributed by atoms with E-state index < -0.39 is 12.1 Å². The molecule has 0 unspecified atom stereocenters. The number of carbonyl (C=O) groups excluding carboxylic acids is 2. The van der Waals surface area contributed by atoms with Crippen LogP contribution in [0, 0.1) is 0 Å². The quantitative estimate of drug-likeness (QED) is 0.358. The van der Waals surface area contributed by atoms with Crippen LogP contribution in [-0.2, 0) is 4.74 Å². The summed E-state index contributed by atoms with van der Waals surface area (Å²) in [5.41, 5.74) is 1.74. The van der Waals surface area contributed by atoms with Gasteiger partial charge in [0.1, 0.15) is 0 Å². The number of nitrogens with zero attached hydrogens (tertiary/aromatic N) is 1. The van der Waals surface area contributed by atoms with Crippen molar-refractivity contribution in [1.82, 2.24) is 4.98 Å². The fraction of sp³-hybridized carbons (Fsp3) is 0.0714. The number of benzene rings is 1. The number of esters is 1. The molecule has 0 fully saturated rings. The first kappa shape index (κ1) is 27.2. The summed E-state index contributed by atoms with van der Waals surface area (Å²) in [5, 5.41) is 17.7. The van der Waals surface area contributed by atoms with Crippen molar-refractivity contribution in [2.45, 2.75) is 0 Å². The van der Waals surface area contributed by atoms with E-state index in [-0.39, 0.29) is 103 Å². The molecule has 0 saturated heterocycles. The summed E-state index contributed by atoms with van der Waals surface area (Å²) >= 11 is 11.9. The van der Waals surface area contributed by atoms with Crippen molar-refractivity contribution in [3.8, 4) is 11.3 Å². The van der Waals surface area contributed by atoms with Crippen molar-refractivity contribution < 1.29 is 127 Å². The molecule has 10 heteroatoms. The van der Waals surface area contributed by atoms with Crippen LogP contribution >= 0.6 is 23.2 Å². The molecule has 0 radical (unpaired) electrons. The van der Waals surface area contributed by atoms with Crippen LogP contribution in [0.15, 0.2) is 36.5 Å². The molecule has 0 amide bonds. The Labute approximate surface area is 233 Å². The van der Waals surface area contributed by atoms with Gasteiger partial charge in [-0.2, -0.15) is 0 Å². The van der Waals surface area contributed by atoms with Gasteiger partial charge in [-0.05, 0) is 36.5 Å². The summed E-state index contributed by atoms with van der Waals surface area (Å²) in [4.78, 5) is 23.9. The second kappa shape index (κ2) is 14.1. The Morgan fingerprint density at radius 3 is 2.17 bits per heavy atom. The summed E-state index contributed by atoms with van der Waals surface area (Å²) in [5.74, 6) is -0.413. The molecule has 1 aromatic heterocycles. The molecular weight excluding hydrogens is 411 g/mol. The Morgan fingerprint density at radius 2 is 1.67 bits per heavy atom. The topological polar surface area (TPSA) is 102 Å². The van der Waals surface area contributed by atoms with Gasteiger partial charge in [-0.3, -0.25) is 4.98 Å². The van der Waals surface area contributed by atoms with E-state index in [2.05, 4.69) is 9.72 Å². The van der Waals surface area contributed by atoms with Crippen LogP contribution in [0.4, 0.5) is 4.79 Å². The predicted molar refractivity (Wildman–Crippen MR) is 76.4 cm³/mol. The first-order valence-corrected chi connectivity index (χ1v) is 6.48. The largest absolute Gasteiger partial charge is 1.00 e. The van der Waals surface area contributed by atoms with E-state index in [0.29, 0.717) is 26.9 Å². The van der Waals surface area contributed by atoms with Crippen molar-refractivity contribution in [2.75, 3.05) is 7.11 Å². The van der Waals surface area contributed by atoms with Crippen LogP contribution in [0.5, 0.6) is 0 Å². The first-order valence-electron chi connectivity index (χ1n) is 5.73. The summed E-state index contributed by atoms with van der Waals surface area (Å²) in [7, 11) is 1.33. The van der Waals surface area contributed by atoms with E-state index in [9.17, 15) is 4.79 Å². The van der Waals surface area contributed by atoms with Crippen molar-refractivity contribution in [2.24, 2.45) is 0 Å². The molecule has 116 valence electrons. The van der Waals surface area contributed by atoms with Crippen LogP contribution < -0.4 is 113 Å². The van der Waals surface area contributed by atoms with Crippen LogP contribution in [0.2, 0.25) is 10.0 Å². The molecule has 1 heterocycles. The van der Waals surface area contributed by atoms with Crippen LogP contribution in [0.3, 0.4) is 0 Å². The maximum Gasteiger partial charge on any atom is 1.00 e. The van der Waals surface area contributed by atoms with Crippen LogP contribution in [0.1, 0.15) is 10.4 Å². The first-order chi connectivity index (χ1) is 10.3. The monoisotopic (exact) mass is 419 g/mol. The molecule has 0 aliphatic rings. The predicted octanol–water partition coefficient (Wildman–Crippen LogP) is -4.60. The number of halogens is 2. The number of hydrogen-bond donors (Lipinski definition) is 0. The maximum atomic E-state index is 11.4. The van der Waals surface area contributed by atoms with E-state index in [1.54, 1.807) is 30.3 Å². The van der Waals surface area contributed by atoms with Crippen molar-refractivity contribution in [3.05, 3.63) is 52.1 Å². The summed E-state index contributed by atoms with van der Waals surface area (Å²) < 4.78 is 4.66. The molecule has 0 spiro atoms. The van der Waals surface area contributed by atoms with Gasteiger partial charge in [0.2, 0.25) is 0 Å². The molecule has 2 rings (SSSR count). The van der Waals surface area contributed by atoms with Gasteiger partial charge in [-0.15, -0.1) is 0 Å². The second-order valence-electron chi connectivity index (χ2n) is 3.80. The molecule has 1 aromatic carbocycles. The Morgan fingerprint density at radius 1 is 1.08 bits per heavy atom. The SMILES string of the molecule is COC(=O)c1ccnc(-c2ccc(Cl)cc2Cl)c1.O=C([O-])[O-].[K+].[K+]. The number of carboxylic acid groups (broad SMARTS) is 2. The molecule has 2 aromatic rings. The number of ether oxygens (including phenoxy) is 1. The molecular formula is C14H9Cl2K2NO5. The van der Waals surface area contributed by atoms with Gasteiger partial charge in [0.15, 0.2) is 0 Å². The van der Waals surface area contributed by atoms with Gasteiger partial charge < -0.3 is 19.7 Å². The third-order valence-electron chi connectivity index (χ3n) is 2.39. The normalized spacial score (nSPS) is 8.62. The number of rotatable bonds is 2. The van der Waals surface area contributed by atoms with E-state index in [0.717, 1.165) is 0 Å². The van der Waals surface area contributed by atoms with E-state index in [4.69, 9.17) is 38.2 Å². The molecule has 0 saturated carbocycles. The number of carbonyl (C=O) groups is 2. The zero-order valence-electron chi connectivity index (χ0n) is 13.2. The van der Waals surface area contributed by atoms with Crippen molar-refractivity contribution in [1.29, 1.82) is 0 Å². The van der Waals surface area contributed by atoms with Gasteiger partial charge in [0.05, 0.1) is 23.4 Å². The number of aromatic nitrogens is 1. The molecule has 24 heavy (non-hydrogen) atoms. The van der Waals surface area contributed by atoms with Gasteiger partial charge in [0, 0.05) is 16.8 Å². The smallest absolute Gasteiger partial charge is 0.652 e. The van der Waals surface area contributed by atoms with Crippen LogP contribution in [0.25, 0.3) is 11.3 Å². The molecule has 0 N–H and O–H groups in total. The summed E-state index contributed by atoms with van der Waals surface area (Å²) in [6.07, 6.45) is -0.799. The third-order valence-corrected chi connectivity index (χ3v) is 2.94. The molecule has 0 atom stereocenters. The zero-order valence-corrected chi connectivity index (χ0v) is 21.0. The Kier molecular flexibility index (Phi) is 15.9. The zero-order chi connectivity index (χ0) is 16.7. The van der Waals surface area contributed by atoms with Gasteiger partial charge in [-0.1, -0.05) is 23.2 Å². The average Bonchev–Trinajstić information content (AvgIpc) is 2.46. The molecule has 0 aliphatic heterocycles. The minimum atomic E-state index is -2.33. The summed E-state index contributed by atoms with van der Waals surface area (Å²) in [6, 6.07) is 8.31. The van der Waals surface area contributed by atoms with Gasteiger partial charge in [-0.25, -0.2) is 4.79 Å². The fourth-order valence-electron chi connectivity index (χ4n) is 1.52. The van der Waals surface area contributed by atoms with E-state index in [1.165, 1.54) is 13.3 Å². The van der Waals surface area contributed by atoms with Gasteiger partial charge in [0.25, 0.3) is 0 Å². The number of methoxy groups -OCH3 is 1. The van der Waals surface area contributed by atoms with Crippen LogP contribution in [-0.4, -0.2) is 24.2 Å². The molecule has 6 nitrogen and oxygen atoms in total.